The molecule has 2 fully saturated rings. The first-order valence-corrected chi connectivity index (χ1v) is 9.34. The molecule has 1 aromatic rings. The number of hydrogen-bond donors (Lipinski definition) is 1. The summed E-state index contributed by atoms with van der Waals surface area (Å²) in [6.45, 7) is 9.93. The summed E-state index contributed by atoms with van der Waals surface area (Å²) in [7, 11) is 1.88. The van der Waals surface area contributed by atoms with Gasteiger partial charge < -0.3 is 19.7 Å². The Bertz CT molecular complexity index is 533. The van der Waals surface area contributed by atoms with Crippen molar-refractivity contribution in [3.63, 3.8) is 0 Å². The maximum atomic E-state index is 4.48. The van der Waals surface area contributed by atoms with Crippen molar-refractivity contribution in [2.24, 2.45) is 10.9 Å². The minimum atomic E-state index is 0.784. The highest BCUT2D eigenvalue weighted by Crippen LogP contribution is 2.19. The van der Waals surface area contributed by atoms with Crippen LogP contribution < -0.4 is 5.32 Å². The Kier molecular flexibility index (Phi) is 6.07. The molecule has 0 aromatic carbocycles. The van der Waals surface area contributed by atoms with Crippen LogP contribution in [-0.2, 0) is 13.0 Å². The molecular weight excluding hydrogens is 302 g/mol. The van der Waals surface area contributed by atoms with Crippen LogP contribution in [0, 0.1) is 5.92 Å². The van der Waals surface area contributed by atoms with E-state index in [1.54, 1.807) is 0 Å². The number of hydrogen-bond acceptors (Lipinski definition) is 4. The van der Waals surface area contributed by atoms with E-state index in [0.717, 1.165) is 50.3 Å². The van der Waals surface area contributed by atoms with Gasteiger partial charge in [0.15, 0.2) is 5.96 Å². The number of likely N-dealkylation sites (tertiary alicyclic amines) is 2. The summed E-state index contributed by atoms with van der Waals surface area (Å²) in [5.41, 5.74) is 0. The molecule has 1 unspecified atom stereocenters. The Balaban J connectivity index is 1.43. The summed E-state index contributed by atoms with van der Waals surface area (Å²) in [5, 5.41) is 11.6. The van der Waals surface area contributed by atoms with Crippen molar-refractivity contribution in [3.05, 3.63) is 12.2 Å². The van der Waals surface area contributed by atoms with Crippen LogP contribution in [0.15, 0.2) is 11.3 Å². The Morgan fingerprint density at radius 2 is 2.17 bits per heavy atom. The molecule has 0 radical (unpaired) electrons. The van der Waals surface area contributed by atoms with Gasteiger partial charge in [-0.05, 0) is 38.3 Å². The Morgan fingerprint density at radius 3 is 2.92 bits per heavy atom. The van der Waals surface area contributed by atoms with Gasteiger partial charge in [0, 0.05) is 46.2 Å². The summed E-state index contributed by atoms with van der Waals surface area (Å²) in [4.78, 5) is 9.51. The van der Waals surface area contributed by atoms with Gasteiger partial charge >= 0.3 is 0 Å². The summed E-state index contributed by atoms with van der Waals surface area (Å²) >= 11 is 0. The van der Waals surface area contributed by atoms with Gasteiger partial charge in [0.2, 0.25) is 0 Å². The average Bonchev–Trinajstić information content (AvgIpc) is 3.34. The Morgan fingerprint density at radius 1 is 1.33 bits per heavy atom. The molecule has 1 atom stereocenters. The average molecular weight is 333 g/mol. The van der Waals surface area contributed by atoms with E-state index < -0.39 is 0 Å². The second-order valence-corrected chi connectivity index (χ2v) is 6.88. The fourth-order valence-electron chi connectivity index (χ4n) is 3.86. The molecule has 3 rings (SSSR count). The van der Waals surface area contributed by atoms with Crippen LogP contribution in [0.3, 0.4) is 0 Å². The molecule has 134 valence electrons. The molecule has 24 heavy (non-hydrogen) atoms. The lowest BCUT2D eigenvalue weighted by atomic mass is 10.1. The van der Waals surface area contributed by atoms with Gasteiger partial charge in [-0.15, -0.1) is 10.2 Å². The number of aromatic nitrogens is 3. The van der Waals surface area contributed by atoms with E-state index in [4.69, 9.17) is 0 Å². The lowest BCUT2D eigenvalue weighted by Crippen LogP contribution is -2.41. The zero-order chi connectivity index (χ0) is 16.8. The van der Waals surface area contributed by atoms with Crippen LogP contribution in [0.1, 0.15) is 32.0 Å². The van der Waals surface area contributed by atoms with Gasteiger partial charge in [0.05, 0.1) is 0 Å². The van der Waals surface area contributed by atoms with E-state index in [-0.39, 0.29) is 0 Å². The van der Waals surface area contributed by atoms with E-state index in [9.17, 15) is 0 Å². The quantitative estimate of drug-likeness (QED) is 0.617. The van der Waals surface area contributed by atoms with E-state index >= 15 is 0 Å². The third kappa shape index (κ3) is 4.26. The van der Waals surface area contributed by atoms with Crippen LogP contribution in [0.5, 0.6) is 0 Å². The molecule has 7 heteroatoms. The number of aliphatic imine (C=N–C) groups is 1. The first-order valence-electron chi connectivity index (χ1n) is 9.34. The molecule has 3 heterocycles. The van der Waals surface area contributed by atoms with Crippen LogP contribution in [0.2, 0.25) is 0 Å². The van der Waals surface area contributed by atoms with Gasteiger partial charge in [0.1, 0.15) is 12.2 Å². The van der Waals surface area contributed by atoms with Gasteiger partial charge in [-0.2, -0.15) is 0 Å². The number of aryl methyl sites for hydroxylation is 1. The Labute approximate surface area is 145 Å². The van der Waals surface area contributed by atoms with E-state index in [1.165, 1.54) is 38.9 Å². The fraction of sp³-hybridized carbons (Fsp3) is 0.824. The second kappa shape index (κ2) is 8.46. The third-order valence-corrected chi connectivity index (χ3v) is 5.16. The zero-order valence-electron chi connectivity index (χ0n) is 15.1. The minimum absolute atomic E-state index is 0.784. The highest BCUT2D eigenvalue weighted by molar-refractivity contribution is 5.80. The van der Waals surface area contributed by atoms with Gasteiger partial charge in [-0.1, -0.05) is 6.92 Å². The fourth-order valence-corrected chi connectivity index (χ4v) is 3.86. The molecular formula is C17H31N7. The van der Waals surface area contributed by atoms with E-state index in [1.807, 2.05) is 13.4 Å². The lowest BCUT2D eigenvalue weighted by Gasteiger charge is -2.23. The standard InChI is InChI=1S/C17H31N7/c1-3-16-21-20-14-24(16)11-7-19-17(18-2)23-10-6-15(13-23)12-22-8-4-5-9-22/h14-15H,3-13H2,1-2H3,(H,18,19). The molecule has 0 amide bonds. The SMILES string of the molecule is CCc1nncn1CCNC(=NC)N1CCC(CN2CCCC2)C1. The second-order valence-electron chi connectivity index (χ2n) is 6.88. The van der Waals surface area contributed by atoms with Gasteiger partial charge in [-0.25, -0.2) is 0 Å². The zero-order valence-corrected chi connectivity index (χ0v) is 15.1. The number of guanidine groups is 1. The maximum absolute atomic E-state index is 4.48. The smallest absolute Gasteiger partial charge is 0.193 e. The predicted octanol–water partition coefficient (Wildman–Crippen LogP) is 0.834. The van der Waals surface area contributed by atoms with Crippen molar-refractivity contribution < 1.29 is 0 Å². The number of nitrogens with one attached hydrogen (secondary N) is 1. The molecule has 1 aromatic heterocycles. The largest absolute Gasteiger partial charge is 0.354 e. The highest BCUT2D eigenvalue weighted by atomic mass is 15.3. The summed E-state index contributed by atoms with van der Waals surface area (Å²) < 4.78 is 2.11. The summed E-state index contributed by atoms with van der Waals surface area (Å²) in [5.74, 6) is 2.86. The first kappa shape index (κ1) is 17.2. The van der Waals surface area contributed by atoms with Crippen LogP contribution in [0.4, 0.5) is 0 Å². The van der Waals surface area contributed by atoms with Crippen LogP contribution in [-0.4, -0.2) is 76.8 Å². The molecule has 0 saturated carbocycles. The molecule has 0 spiro atoms. The third-order valence-electron chi connectivity index (χ3n) is 5.16. The Hall–Kier alpha value is -1.63. The minimum Gasteiger partial charge on any atom is -0.354 e. The van der Waals surface area contributed by atoms with Gasteiger partial charge in [0.25, 0.3) is 0 Å². The molecule has 0 bridgehead atoms. The summed E-state index contributed by atoms with van der Waals surface area (Å²) in [6.07, 6.45) is 6.76. The normalized spacial score (nSPS) is 22.5. The first-order chi connectivity index (χ1) is 11.8. The highest BCUT2D eigenvalue weighted by Gasteiger charge is 2.27. The van der Waals surface area contributed by atoms with Crippen molar-refractivity contribution in [2.75, 3.05) is 46.3 Å². The van der Waals surface area contributed by atoms with E-state index in [2.05, 4.69) is 41.8 Å². The van der Waals surface area contributed by atoms with Crippen molar-refractivity contribution in [2.45, 2.75) is 39.2 Å². The molecule has 0 aliphatic carbocycles. The molecule has 7 nitrogen and oxygen atoms in total. The molecule has 2 saturated heterocycles. The van der Waals surface area contributed by atoms with Crippen molar-refractivity contribution in [3.8, 4) is 0 Å². The predicted molar refractivity (Wildman–Crippen MR) is 96.1 cm³/mol. The van der Waals surface area contributed by atoms with Gasteiger partial charge in [-0.3, -0.25) is 4.99 Å². The maximum Gasteiger partial charge on any atom is 0.193 e. The molecule has 2 aliphatic heterocycles. The van der Waals surface area contributed by atoms with Crippen molar-refractivity contribution in [1.29, 1.82) is 0 Å². The van der Waals surface area contributed by atoms with Crippen LogP contribution >= 0.6 is 0 Å². The summed E-state index contributed by atoms with van der Waals surface area (Å²) in [6, 6.07) is 0. The molecule has 2 aliphatic rings. The van der Waals surface area contributed by atoms with Crippen LogP contribution in [0.25, 0.3) is 0 Å². The van der Waals surface area contributed by atoms with E-state index in [0.29, 0.717) is 0 Å². The monoisotopic (exact) mass is 333 g/mol. The topological polar surface area (TPSA) is 61.6 Å². The molecule has 1 N–H and O–H groups in total. The number of rotatable bonds is 6. The lowest BCUT2D eigenvalue weighted by molar-refractivity contribution is 0.281. The van der Waals surface area contributed by atoms with Crippen molar-refractivity contribution >= 4 is 5.96 Å². The number of nitrogens with zero attached hydrogens (tertiary/aromatic N) is 6. The van der Waals surface area contributed by atoms with Crippen molar-refractivity contribution in [1.82, 2.24) is 29.9 Å².